The Morgan fingerprint density at radius 2 is 2.03 bits per heavy atom. The highest BCUT2D eigenvalue weighted by Crippen LogP contribution is 2.26. The lowest BCUT2D eigenvalue weighted by Gasteiger charge is -2.30. The number of H-pyrrole nitrogens is 1. The summed E-state index contributed by atoms with van der Waals surface area (Å²) in [5.74, 6) is 0.164. The Kier molecular flexibility index (Phi) is 6.90. The van der Waals surface area contributed by atoms with Crippen molar-refractivity contribution in [2.75, 3.05) is 18.4 Å². The monoisotopic (exact) mass is 467 g/mol. The Hall–Kier alpha value is -3.04. The number of likely N-dealkylation sites (tertiary alicyclic amines) is 1. The number of rotatable bonds is 7. The average molecular weight is 468 g/mol. The molecule has 9 heteroatoms. The van der Waals surface area contributed by atoms with Crippen molar-refractivity contribution in [3.05, 3.63) is 56.4 Å². The molecule has 0 spiro atoms. The molecule has 4 rings (SSSR count). The normalized spacial score (nSPS) is 15.1. The van der Waals surface area contributed by atoms with Gasteiger partial charge in [-0.15, -0.1) is 11.3 Å². The van der Waals surface area contributed by atoms with Crippen molar-refractivity contribution in [3.63, 3.8) is 0 Å². The second-order valence-corrected chi connectivity index (χ2v) is 9.88. The summed E-state index contributed by atoms with van der Waals surface area (Å²) >= 11 is 1.50. The highest BCUT2D eigenvalue weighted by atomic mass is 32.1. The summed E-state index contributed by atoms with van der Waals surface area (Å²) in [5, 5.41) is 3.58. The number of benzene rings is 1. The van der Waals surface area contributed by atoms with Crippen LogP contribution in [0.1, 0.15) is 41.1 Å². The van der Waals surface area contributed by atoms with E-state index in [0.717, 1.165) is 59.0 Å². The zero-order valence-corrected chi connectivity index (χ0v) is 19.8. The maximum absolute atomic E-state index is 12.5. The Balaban J connectivity index is 1.32. The number of aryl methyl sites for hydroxylation is 3. The van der Waals surface area contributed by atoms with Gasteiger partial charge < -0.3 is 16.0 Å². The first-order valence-corrected chi connectivity index (χ1v) is 12.0. The number of carbonyl (C=O) groups excluding carboxylic acids is 2. The van der Waals surface area contributed by atoms with E-state index in [1.807, 2.05) is 38.1 Å². The van der Waals surface area contributed by atoms with Crippen LogP contribution in [0, 0.1) is 19.8 Å². The summed E-state index contributed by atoms with van der Waals surface area (Å²) < 4.78 is 0. The molecule has 8 nitrogen and oxygen atoms in total. The van der Waals surface area contributed by atoms with Crippen molar-refractivity contribution in [1.29, 1.82) is 0 Å². The smallest absolute Gasteiger partial charge is 0.259 e. The van der Waals surface area contributed by atoms with Crippen LogP contribution >= 0.6 is 11.3 Å². The van der Waals surface area contributed by atoms with Crippen molar-refractivity contribution in [3.8, 4) is 0 Å². The van der Waals surface area contributed by atoms with Crippen LogP contribution in [-0.2, 0) is 22.6 Å². The van der Waals surface area contributed by atoms with Crippen LogP contribution in [0.15, 0.2) is 29.1 Å². The SMILES string of the molecule is Cc1sc2nc(CCC(=O)Nc3cccc(CN4CCC(C(N)=O)CC4)c3)[nH]c(=O)c2c1C. The molecule has 1 fully saturated rings. The van der Waals surface area contributed by atoms with Gasteiger partial charge in [0.05, 0.1) is 5.39 Å². The summed E-state index contributed by atoms with van der Waals surface area (Å²) in [5.41, 5.74) is 8.07. The van der Waals surface area contributed by atoms with E-state index >= 15 is 0 Å². The van der Waals surface area contributed by atoms with Crippen molar-refractivity contribution in [2.45, 2.75) is 46.1 Å². The second kappa shape index (κ2) is 9.84. The molecule has 3 aromatic rings. The van der Waals surface area contributed by atoms with E-state index in [9.17, 15) is 14.4 Å². The van der Waals surface area contributed by atoms with Crippen LogP contribution in [-0.4, -0.2) is 39.8 Å². The lowest BCUT2D eigenvalue weighted by Crippen LogP contribution is -2.38. The lowest BCUT2D eigenvalue weighted by molar-refractivity contribution is -0.123. The lowest BCUT2D eigenvalue weighted by atomic mass is 9.96. The third kappa shape index (κ3) is 5.48. The first-order chi connectivity index (χ1) is 15.8. The average Bonchev–Trinajstić information content (AvgIpc) is 3.06. The molecule has 2 aromatic heterocycles. The first kappa shape index (κ1) is 23.1. The number of nitrogens with two attached hydrogens (primary N) is 1. The number of primary amides is 1. The van der Waals surface area contributed by atoms with Gasteiger partial charge in [-0.2, -0.15) is 0 Å². The third-order valence-electron chi connectivity index (χ3n) is 6.28. The zero-order valence-electron chi connectivity index (χ0n) is 18.9. The standard InChI is InChI=1S/C24H29N5O3S/c1-14-15(2)33-24-21(14)23(32)27-19(28-24)6-7-20(30)26-18-5-3-4-16(12-18)13-29-10-8-17(9-11-29)22(25)31/h3-5,12,17H,6-11,13H2,1-2H3,(H2,25,31)(H,26,30)(H,27,28,32). The molecule has 1 aliphatic heterocycles. The van der Waals surface area contributed by atoms with E-state index in [4.69, 9.17) is 5.73 Å². The van der Waals surface area contributed by atoms with Crippen molar-refractivity contribution in [2.24, 2.45) is 11.7 Å². The number of nitrogens with zero attached hydrogens (tertiary/aromatic N) is 2. The number of aromatic nitrogens is 2. The maximum Gasteiger partial charge on any atom is 0.259 e. The maximum atomic E-state index is 12.5. The minimum atomic E-state index is -0.209. The van der Waals surface area contributed by atoms with Gasteiger partial charge in [-0.3, -0.25) is 19.3 Å². The third-order valence-corrected chi connectivity index (χ3v) is 7.38. The Bertz CT molecular complexity index is 1240. The second-order valence-electron chi connectivity index (χ2n) is 8.68. The molecular formula is C24H29N5O3S. The van der Waals surface area contributed by atoms with E-state index in [2.05, 4.69) is 20.2 Å². The van der Waals surface area contributed by atoms with Gasteiger partial charge in [0, 0.05) is 35.9 Å². The number of carbonyl (C=O) groups is 2. The number of hydrogen-bond acceptors (Lipinski definition) is 6. The number of anilines is 1. The molecule has 0 bridgehead atoms. The van der Waals surface area contributed by atoms with Gasteiger partial charge in [0.25, 0.3) is 5.56 Å². The van der Waals surface area contributed by atoms with Gasteiger partial charge in [0.1, 0.15) is 10.7 Å². The van der Waals surface area contributed by atoms with E-state index in [0.29, 0.717) is 17.6 Å². The molecule has 1 aliphatic rings. The predicted octanol–water partition coefficient (Wildman–Crippen LogP) is 2.87. The Labute approximate surface area is 196 Å². The summed E-state index contributed by atoms with van der Waals surface area (Å²) in [6.45, 7) is 6.34. The van der Waals surface area contributed by atoms with Gasteiger partial charge in [0.15, 0.2) is 0 Å². The van der Waals surface area contributed by atoms with Gasteiger partial charge in [0.2, 0.25) is 11.8 Å². The molecule has 0 atom stereocenters. The van der Waals surface area contributed by atoms with Gasteiger partial charge in [-0.1, -0.05) is 12.1 Å². The van der Waals surface area contributed by atoms with Crippen LogP contribution in [0.3, 0.4) is 0 Å². The minimum Gasteiger partial charge on any atom is -0.369 e. The number of thiophene rings is 1. The van der Waals surface area contributed by atoms with Crippen molar-refractivity contribution in [1.82, 2.24) is 14.9 Å². The zero-order chi connectivity index (χ0) is 23.5. The van der Waals surface area contributed by atoms with Gasteiger partial charge in [-0.25, -0.2) is 4.98 Å². The summed E-state index contributed by atoms with van der Waals surface area (Å²) in [6, 6.07) is 7.80. The summed E-state index contributed by atoms with van der Waals surface area (Å²) in [7, 11) is 0. The number of fused-ring (bicyclic) bond motifs is 1. The van der Waals surface area contributed by atoms with Crippen molar-refractivity contribution < 1.29 is 9.59 Å². The fraction of sp³-hybridized carbons (Fsp3) is 0.417. The highest BCUT2D eigenvalue weighted by molar-refractivity contribution is 7.18. The van der Waals surface area contributed by atoms with Crippen LogP contribution < -0.4 is 16.6 Å². The molecule has 174 valence electrons. The van der Waals surface area contributed by atoms with Gasteiger partial charge >= 0.3 is 0 Å². The number of piperidine rings is 1. The molecule has 33 heavy (non-hydrogen) atoms. The largest absolute Gasteiger partial charge is 0.369 e. The fourth-order valence-electron chi connectivity index (χ4n) is 4.25. The highest BCUT2D eigenvalue weighted by Gasteiger charge is 2.23. The van der Waals surface area contributed by atoms with E-state index in [1.165, 1.54) is 11.3 Å². The molecule has 0 radical (unpaired) electrons. The summed E-state index contributed by atoms with van der Waals surface area (Å²) in [4.78, 5) is 47.7. The first-order valence-electron chi connectivity index (χ1n) is 11.2. The summed E-state index contributed by atoms with van der Waals surface area (Å²) in [6.07, 6.45) is 2.17. The quantitative estimate of drug-likeness (QED) is 0.493. The molecule has 2 amide bonds. The molecule has 0 unspecified atom stereocenters. The Morgan fingerprint density at radius 3 is 2.76 bits per heavy atom. The molecule has 0 saturated carbocycles. The fourth-order valence-corrected chi connectivity index (χ4v) is 5.30. The molecular weight excluding hydrogens is 438 g/mol. The minimum absolute atomic E-state index is 0.0233. The Morgan fingerprint density at radius 1 is 1.27 bits per heavy atom. The molecule has 3 heterocycles. The van der Waals surface area contributed by atoms with E-state index in [1.54, 1.807) is 0 Å². The van der Waals surface area contributed by atoms with E-state index < -0.39 is 0 Å². The number of hydrogen-bond donors (Lipinski definition) is 3. The number of amides is 2. The van der Waals surface area contributed by atoms with Crippen LogP contribution in [0.2, 0.25) is 0 Å². The topological polar surface area (TPSA) is 121 Å². The number of nitrogens with one attached hydrogen (secondary N) is 2. The van der Waals surface area contributed by atoms with Crippen LogP contribution in [0.4, 0.5) is 5.69 Å². The molecule has 1 saturated heterocycles. The van der Waals surface area contributed by atoms with Gasteiger partial charge in [-0.05, 0) is 63.0 Å². The van der Waals surface area contributed by atoms with Crippen LogP contribution in [0.5, 0.6) is 0 Å². The predicted molar refractivity (Wildman–Crippen MR) is 130 cm³/mol. The van der Waals surface area contributed by atoms with Crippen molar-refractivity contribution >= 4 is 39.1 Å². The molecule has 0 aliphatic carbocycles. The molecule has 4 N–H and O–H groups in total. The van der Waals surface area contributed by atoms with Crippen LogP contribution in [0.25, 0.3) is 10.2 Å². The number of aromatic amines is 1. The molecule has 1 aromatic carbocycles. The van der Waals surface area contributed by atoms with E-state index in [-0.39, 0.29) is 29.7 Å².